The fourth-order valence-corrected chi connectivity index (χ4v) is 28.8. The molecule has 185 valence electrons. The van der Waals surface area contributed by atoms with E-state index in [-0.39, 0.29) is 0 Å². The fraction of sp³-hybridized carbons (Fsp3) is 0.484. The topological polar surface area (TPSA) is 12.0 Å². The van der Waals surface area contributed by atoms with E-state index in [2.05, 4.69) is 99.5 Å². The average Bonchev–Trinajstić information content (AvgIpc) is 3.05. The van der Waals surface area contributed by atoms with Crippen LogP contribution in [0.25, 0.3) is 11.1 Å². The zero-order chi connectivity index (χ0) is 24.9. The summed E-state index contributed by atoms with van der Waals surface area (Å²) in [6.07, 6.45) is 8.47. The first-order chi connectivity index (χ1) is 16.4. The van der Waals surface area contributed by atoms with E-state index in [0.717, 1.165) is 5.92 Å². The number of rotatable bonds is 11. The molecule has 0 saturated carbocycles. The first-order valence-electron chi connectivity index (χ1n) is 13.5. The molecule has 1 nitrogen and oxygen atoms in total. The van der Waals surface area contributed by atoms with Crippen LogP contribution in [0.4, 0.5) is 0 Å². The van der Waals surface area contributed by atoms with Crippen LogP contribution in [0, 0.1) is 5.92 Å². The van der Waals surface area contributed by atoms with Gasteiger partial charge in [-0.25, -0.2) is 0 Å². The molecule has 3 rings (SSSR count). The normalized spacial score (nSPS) is 15.6. The van der Waals surface area contributed by atoms with Crippen molar-refractivity contribution in [3.8, 4) is 11.1 Å². The molecule has 3 heteroatoms. The Morgan fingerprint density at radius 1 is 0.735 bits per heavy atom. The van der Waals surface area contributed by atoms with Gasteiger partial charge < -0.3 is 0 Å². The molecule has 0 radical (unpaired) electrons. The van der Waals surface area contributed by atoms with Gasteiger partial charge in [0.1, 0.15) is 0 Å². The van der Waals surface area contributed by atoms with E-state index in [4.69, 9.17) is 0 Å². The van der Waals surface area contributed by atoms with Crippen LogP contribution in [-0.4, -0.2) is 12.5 Å². The predicted molar refractivity (Wildman–Crippen MR) is 152 cm³/mol. The predicted octanol–water partition coefficient (Wildman–Crippen LogP) is 9.07. The molecule has 0 bridgehead atoms. The zero-order valence-corrected chi connectivity index (χ0v) is 27.6. The maximum Gasteiger partial charge on any atom is -0.0184 e. The molecule has 1 aliphatic carbocycles. The summed E-state index contributed by atoms with van der Waals surface area (Å²) < 4.78 is 6.07. The Balaban J connectivity index is 0.000000283. The van der Waals surface area contributed by atoms with Crippen LogP contribution in [0.15, 0.2) is 80.7 Å². The van der Waals surface area contributed by atoms with Crippen molar-refractivity contribution in [2.75, 3.05) is 6.54 Å². The molecule has 34 heavy (non-hydrogen) atoms. The van der Waals surface area contributed by atoms with Crippen LogP contribution in [0.2, 0.25) is 13.1 Å². The molecule has 1 aliphatic rings. The van der Waals surface area contributed by atoms with E-state index in [0.29, 0.717) is 0 Å². The quantitative estimate of drug-likeness (QED) is 0.191. The van der Waals surface area contributed by atoms with Gasteiger partial charge in [0.15, 0.2) is 0 Å². The Morgan fingerprint density at radius 3 is 1.68 bits per heavy atom. The Bertz CT molecular complexity index is 864. The second kappa shape index (κ2) is 15.9. The largest absolute Gasteiger partial charge is 0.0622 e. The van der Waals surface area contributed by atoms with Crippen molar-refractivity contribution in [1.29, 1.82) is 0 Å². The van der Waals surface area contributed by atoms with Gasteiger partial charge in [0.05, 0.1) is 0 Å². The first kappa shape index (κ1) is 29.2. The van der Waals surface area contributed by atoms with E-state index >= 15 is 0 Å². The van der Waals surface area contributed by atoms with Gasteiger partial charge in [-0.1, -0.05) is 60.7 Å². The minimum Gasteiger partial charge on any atom is -0.0622 e. The van der Waals surface area contributed by atoms with Gasteiger partial charge in [0.2, 0.25) is 0 Å². The van der Waals surface area contributed by atoms with Gasteiger partial charge in [-0.3, -0.25) is 0 Å². The third-order valence-electron chi connectivity index (χ3n) is 7.23. The number of benzene rings is 2. The molecular formula is C31H48HfNSi. The van der Waals surface area contributed by atoms with Crippen LogP contribution < -0.4 is 3.30 Å². The first-order valence-corrected chi connectivity index (χ1v) is 26.2. The van der Waals surface area contributed by atoms with E-state index in [9.17, 15) is 0 Å². The summed E-state index contributed by atoms with van der Waals surface area (Å²) in [7, 11) is 0. The molecule has 0 spiro atoms. The van der Waals surface area contributed by atoms with E-state index in [1.807, 2.05) is 15.5 Å². The Morgan fingerprint density at radius 2 is 1.24 bits per heavy atom. The maximum atomic E-state index is 4.14. The zero-order valence-electron chi connectivity index (χ0n) is 22.9. The maximum absolute atomic E-state index is 4.14. The van der Waals surface area contributed by atoms with E-state index < -0.39 is 26.9 Å². The number of unbranched alkanes of at least 4 members (excludes halogenated alkanes) is 5. The number of hydrogen-bond acceptors (Lipinski definition) is 1. The van der Waals surface area contributed by atoms with E-state index in [1.165, 1.54) is 56.2 Å². The molecule has 1 atom stereocenters. The van der Waals surface area contributed by atoms with E-state index in [1.54, 1.807) is 16.7 Å². The van der Waals surface area contributed by atoms with Gasteiger partial charge in [-0.2, -0.15) is 0 Å². The minimum absolute atomic E-state index is 0.523. The van der Waals surface area contributed by atoms with Crippen molar-refractivity contribution < 1.29 is 20.9 Å². The molecule has 1 unspecified atom stereocenters. The number of hydrogen-bond donors (Lipinski definition) is 1. The van der Waals surface area contributed by atoms with Gasteiger partial charge in [0, 0.05) is 0 Å². The second-order valence-corrected chi connectivity index (χ2v) is 35.7. The third kappa shape index (κ3) is 8.88. The summed E-state index contributed by atoms with van der Waals surface area (Å²) in [5, 5.41) is 0. The molecule has 2 aromatic carbocycles. The molecule has 0 heterocycles. The fourth-order valence-electron chi connectivity index (χ4n) is 4.80. The van der Waals surface area contributed by atoms with Crippen molar-refractivity contribution in [3.63, 3.8) is 0 Å². The second-order valence-electron chi connectivity index (χ2n) is 10.1. The molecule has 2 aromatic rings. The standard InChI is InChI=1S/C12H10.C9H13.C8H18N.C2H7Si.Hf/c1-3-7-11(8-4-1)12-9-5-2-6-10-12;1-6-5-7(2)9(4)8(6)3;1-2-3-4-5-6-7-8-9;1-3-2;/h1-10H;6H,1-4H3;9H,2-8H2,1H3;3H,1-2H3;/q;;-1;;+1. The number of allylic oxidation sites excluding steroid dienone is 4. The van der Waals surface area contributed by atoms with Crippen molar-refractivity contribution >= 4 is 5.98 Å². The molecular weight excluding hydrogens is 593 g/mol. The van der Waals surface area contributed by atoms with Gasteiger partial charge in [-0.05, 0) is 11.1 Å². The summed E-state index contributed by atoms with van der Waals surface area (Å²) in [6.45, 7) is 18.3. The van der Waals surface area contributed by atoms with Crippen molar-refractivity contribution in [2.45, 2.75) is 86.2 Å². The smallest absolute Gasteiger partial charge is 0.0184 e. The third-order valence-corrected chi connectivity index (χ3v) is 32.3. The van der Waals surface area contributed by atoms with Gasteiger partial charge >= 0.3 is 149 Å². The summed E-state index contributed by atoms with van der Waals surface area (Å²) >= 11 is -1.73. The number of nitrogens with one attached hydrogen (secondary N) is 1. The molecule has 0 aliphatic heterocycles. The SMILES string of the molecule is CCCCCCCC[NH][Hf]([C]1=C(C)C(C)=C(C)C1C)[SiH](C)C.c1ccc(-c2ccccc2)cc1. The minimum atomic E-state index is -1.73. The molecule has 0 amide bonds. The van der Waals surface area contributed by atoms with Crippen molar-refractivity contribution in [1.82, 2.24) is 3.30 Å². The van der Waals surface area contributed by atoms with Crippen LogP contribution in [0.3, 0.4) is 0 Å². The van der Waals surface area contributed by atoms with Crippen LogP contribution in [-0.2, 0) is 20.9 Å². The average molecular weight is 641 g/mol. The Hall–Kier alpha value is -1.03. The summed E-state index contributed by atoms with van der Waals surface area (Å²) in [5.74, 6) is 0.222. The van der Waals surface area contributed by atoms with Crippen molar-refractivity contribution in [2.24, 2.45) is 5.92 Å². The Kier molecular flexibility index (Phi) is 13.6. The summed E-state index contributed by atoms with van der Waals surface area (Å²) in [5.41, 5.74) is 7.46. The summed E-state index contributed by atoms with van der Waals surface area (Å²) in [4.78, 5) is 0. The van der Waals surface area contributed by atoms with Crippen LogP contribution in [0.1, 0.15) is 73.1 Å². The molecule has 0 fully saturated rings. The van der Waals surface area contributed by atoms with Gasteiger partial charge in [0.25, 0.3) is 0 Å². The molecule has 1 N–H and O–H groups in total. The van der Waals surface area contributed by atoms with Crippen LogP contribution >= 0.6 is 0 Å². The molecule has 0 aromatic heterocycles. The van der Waals surface area contributed by atoms with Crippen molar-refractivity contribution in [3.05, 3.63) is 80.7 Å². The monoisotopic (exact) mass is 642 g/mol. The van der Waals surface area contributed by atoms with Gasteiger partial charge in [-0.15, -0.1) is 0 Å². The van der Waals surface area contributed by atoms with Crippen LogP contribution in [0.5, 0.6) is 0 Å². The Labute approximate surface area is 219 Å². The molecule has 0 saturated heterocycles. The summed E-state index contributed by atoms with van der Waals surface area (Å²) in [6, 6.07) is 20.8.